The second kappa shape index (κ2) is 14.5. The highest BCUT2D eigenvalue weighted by molar-refractivity contribution is 7.93. The topological polar surface area (TPSA) is 110 Å². The van der Waals surface area contributed by atoms with Crippen LogP contribution < -0.4 is 14.9 Å². The first kappa shape index (κ1) is 32.4. The second-order valence-electron chi connectivity index (χ2n) is 13.3. The molecule has 0 bridgehead atoms. The van der Waals surface area contributed by atoms with E-state index < -0.39 is 16.1 Å². The fourth-order valence-electron chi connectivity index (χ4n) is 7.20. The van der Waals surface area contributed by atoms with Gasteiger partial charge in [-0.25, -0.2) is 17.7 Å². The minimum absolute atomic E-state index is 0.265. The molecule has 3 aromatic carbocycles. The summed E-state index contributed by atoms with van der Waals surface area (Å²) in [7, 11) is -3.96. The molecule has 0 spiro atoms. The molecule has 0 saturated heterocycles. The van der Waals surface area contributed by atoms with E-state index in [1.165, 1.54) is 36.4 Å². The zero-order valence-electron chi connectivity index (χ0n) is 27.4. The molecule has 5 aromatic rings. The molecule has 2 aromatic heterocycles. The van der Waals surface area contributed by atoms with Crippen molar-refractivity contribution in [3.05, 3.63) is 114 Å². The summed E-state index contributed by atoms with van der Waals surface area (Å²) >= 11 is 0. The SMILES string of the molecule is O=S(=O)(c1ccc2c(c1)CCN2)N(c1ccc(CCNCC(O)c2ccc3[nH]ccc3c2)cc1)c1cccc(CCCC2CCCC2)n1. The molecular weight excluding hydrogens is 619 g/mol. The normalized spacial score (nSPS) is 15.4. The highest BCUT2D eigenvalue weighted by Gasteiger charge is 2.29. The van der Waals surface area contributed by atoms with E-state index in [4.69, 9.17) is 4.98 Å². The van der Waals surface area contributed by atoms with E-state index in [0.29, 0.717) is 24.6 Å². The van der Waals surface area contributed by atoms with Crippen molar-refractivity contribution in [2.75, 3.05) is 29.3 Å². The van der Waals surface area contributed by atoms with Crippen LogP contribution in [0.1, 0.15) is 67.0 Å². The summed E-state index contributed by atoms with van der Waals surface area (Å²) in [5.41, 5.74) is 6.49. The molecule has 1 atom stereocenters. The molecule has 7 rings (SSSR count). The van der Waals surface area contributed by atoms with E-state index in [9.17, 15) is 13.5 Å². The van der Waals surface area contributed by atoms with Crippen LogP contribution in [0.2, 0.25) is 0 Å². The van der Waals surface area contributed by atoms with Crippen molar-refractivity contribution in [1.29, 1.82) is 0 Å². The summed E-state index contributed by atoms with van der Waals surface area (Å²) in [5, 5.41) is 18.5. The van der Waals surface area contributed by atoms with Gasteiger partial charge in [0.15, 0.2) is 0 Å². The van der Waals surface area contributed by atoms with Crippen molar-refractivity contribution in [1.82, 2.24) is 15.3 Å². The van der Waals surface area contributed by atoms with Crippen molar-refractivity contribution < 1.29 is 13.5 Å². The van der Waals surface area contributed by atoms with Crippen LogP contribution in [0.25, 0.3) is 10.9 Å². The third-order valence-electron chi connectivity index (χ3n) is 9.91. The van der Waals surface area contributed by atoms with Crippen molar-refractivity contribution >= 4 is 38.1 Å². The molecule has 9 heteroatoms. The Morgan fingerprint density at radius 3 is 2.67 bits per heavy atom. The summed E-state index contributed by atoms with van der Waals surface area (Å²) in [6.07, 6.45) is 11.3. The second-order valence-corrected chi connectivity index (χ2v) is 15.0. The maximum Gasteiger partial charge on any atom is 0.269 e. The van der Waals surface area contributed by atoms with Crippen molar-refractivity contribution in [3.8, 4) is 0 Å². The van der Waals surface area contributed by atoms with Gasteiger partial charge in [-0.3, -0.25) is 0 Å². The number of aliphatic hydroxyl groups is 1. The van der Waals surface area contributed by atoms with E-state index in [2.05, 4.69) is 15.6 Å². The average molecular weight is 664 g/mol. The quantitative estimate of drug-likeness (QED) is 0.0920. The fourth-order valence-corrected chi connectivity index (χ4v) is 8.69. The lowest BCUT2D eigenvalue weighted by Gasteiger charge is -2.25. The average Bonchev–Trinajstić information content (AvgIpc) is 3.89. The number of hydrogen-bond donors (Lipinski definition) is 4. The molecule has 1 aliphatic heterocycles. The number of aromatic nitrogens is 2. The molecule has 1 saturated carbocycles. The molecule has 4 N–H and O–H groups in total. The first-order valence-corrected chi connectivity index (χ1v) is 18.8. The van der Waals surface area contributed by atoms with Gasteiger partial charge < -0.3 is 20.7 Å². The standard InChI is InChI=1S/C39H45N5O3S/c45-38(32-13-17-36-30(25-32)20-23-41-36)27-40-22-19-29-11-14-34(15-12-29)44(48(46,47)35-16-18-37-31(26-35)21-24-42-37)39-10-4-9-33(43-39)8-3-7-28-5-1-2-6-28/h4,9-18,20,23,25-26,28,38,40-42,45H,1-3,5-8,19,21-22,24,27H2. The number of rotatable bonds is 14. The van der Waals surface area contributed by atoms with Crippen molar-refractivity contribution in [2.45, 2.75) is 68.8 Å². The number of hydrogen-bond acceptors (Lipinski definition) is 6. The van der Waals surface area contributed by atoms with Crippen LogP contribution in [0.4, 0.5) is 17.2 Å². The number of sulfonamides is 1. The zero-order chi connectivity index (χ0) is 32.9. The zero-order valence-corrected chi connectivity index (χ0v) is 28.2. The van der Waals surface area contributed by atoms with Gasteiger partial charge in [0, 0.05) is 36.2 Å². The third-order valence-corrected chi connectivity index (χ3v) is 11.6. The lowest BCUT2D eigenvalue weighted by atomic mass is 10.00. The number of fused-ring (bicyclic) bond motifs is 2. The minimum Gasteiger partial charge on any atom is -0.387 e. The summed E-state index contributed by atoms with van der Waals surface area (Å²) in [6.45, 7) is 1.93. The summed E-state index contributed by atoms with van der Waals surface area (Å²) in [6, 6.07) is 26.7. The Morgan fingerprint density at radius 1 is 0.958 bits per heavy atom. The fraction of sp³-hybridized carbons (Fsp3) is 0.359. The predicted octanol–water partition coefficient (Wildman–Crippen LogP) is 7.44. The highest BCUT2D eigenvalue weighted by Crippen LogP contribution is 2.35. The molecule has 250 valence electrons. The Morgan fingerprint density at radius 2 is 1.81 bits per heavy atom. The van der Waals surface area contributed by atoms with Crippen LogP contribution in [-0.4, -0.2) is 43.1 Å². The molecule has 0 radical (unpaired) electrons. The molecule has 1 unspecified atom stereocenters. The third kappa shape index (κ3) is 7.28. The van der Waals surface area contributed by atoms with Crippen LogP contribution in [0.5, 0.6) is 0 Å². The first-order valence-electron chi connectivity index (χ1n) is 17.4. The molecule has 1 aliphatic carbocycles. The van der Waals surface area contributed by atoms with E-state index in [0.717, 1.165) is 77.1 Å². The van der Waals surface area contributed by atoms with E-state index in [-0.39, 0.29) is 4.90 Å². The van der Waals surface area contributed by atoms with Crippen LogP contribution in [0.15, 0.2) is 96.0 Å². The molecule has 1 fully saturated rings. The van der Waals surface area contributed by atoms with Gasteiger partial charge in [-0.05, 0) is 121 Å². The number of anilines is 3. The van der Waals surface area contributed by atoms with Crippen LogP contribution in [0, 0.1) is 5.92 Å². The van der Waals surface area contributed by atoms with Gasteiger partial charge in [-0.1, -0.05) is 56.4 Å². The molecular formula is C39H45N5O3S. The molecule has 3 heterocycles. The predicted molar refractivity (Wildman–Crippen MR) is 193 cm³/mol. The van der Waals surface area contributed by atoms with Gasteiger partial charge in [-0.2, -0.15) is 0 Å². The van der Waals surface area contributed by atoms with Gasteiger partial charge >= 0.3 is 0 Å². The van der Waals surface area contributed by atoms with Crippen LogP contribution in [0.3, 0.4) is 0 Å². The largest absolute Gasteiger partial charge is 0.387 e. The number of pyridine rings is 1. The first-order chi connectivity index (χ1) is 23.4. The number of nitrogens with one attached hydrogen (secondary N) is 3. The Hall–Kier alpha value is -4.18. The number of aromatic amines is 1. The summed E-state index contributed by atoms with van der Waals surface area (Å²) in [4.78, 5) is 8.36. The smallest absolute Gasteiger partial charge is 0.269 e. The maximum atomic E-state index is 14.4. The number of H-pyrrole nitrogens is 1. The monoisotopic (exact) mass is 663 g/mol. The maximum absolute atomic E-state index is 14.4. The van der Waals surface area contributed by atoms with Crippen LogP contribution in [-0.2, 0) is 29.3 Å². The minimum atomic E-state index is -3.96. The van der Waals surface area contributed by atoms with Gasteiger partial charge in [0.2, 0.25) is 0 Å². The van der Waals surface area contributed by atoms with Crippen molar-refractivity contribution in [2.24, 2.45) is 5.92 Å². The Labute approximate surface area is 283 Å². The van der Waals surface area contributed by atoms with E-state index in [1.807, 2.05) is 72.9 Å². The molecule has 2 aliphatic rings. The number of nitrogens with zero attached hydrogens (tertiary/aromatic N) is 2. The van der Waals surface area contributed by atoms with Gasteiger partial charge in [0.05, 0.1) is 16.7 Å². The van der Waals surface area contributed by atoms with Gasteiger partial charge in [0.1, 0.15) is 5.82 Å². The number of aliphatic hydroxyl groups excluding tert-OH is 1. The summed E-state index contributed by atoms with van der Waals surface area (Å²) < 4.78 is 30.2. The lowest BCUT2D eigenvalue weighted by Crippen LogP contribution is -2.27. The van der Waals surface area contributed by atoms with Gasteiger partial charge in [0.25, 0.3) is 10.0 Å². The molecule has 0 amide bonds. The highest BCUT2D eigenvalue weighted by atomic mass is 32.2. The molecule has 8 nitrogen and oxygen atoms in total. The van der Waals surface area contributed by atoms with E-state index >= 15 is 0 Å². The Balaban J connectivity index is 1.06. The Bertz CT molecular complexity index is 1950. The lowest BCUT2D eigenvalue weighted by molar-refractivity contribution is 0.175. The Kier molecular flexibility index (Phi) is 9.79. The summed E-state index contributed by atoms with van der Waals surface area (Å²) in [5.74, 6) is 1.23. The number of aryl methyl sites for hydroxylation is 1. The number of benzene rings is 3. The van der Waals surface area contributed by atoms with Crippen LogP contribution >= 0.6 is 0 Å². The van der Waals surface area contributed by atoms with Crippen molar-refractivity contribution in [3.63, 3.8) is 0 Å². The molecule has 48 heavy (non-hydrogen) atoms. The van der Waals surface area contributed by atoms with Gasteiger partial charge in [-0.15, -0.1) is 0 Å². The van der Waals surface area contributed by atoms with E-state index in [1.54, 1.807) is 18.2 Å².